The molecule has 1 fully saturated rings. The summed E-state index contributed by atoms with van der Waals surface area (Å²) in [6.45, 7) is 5.88. The minimum Gasteiger partial charge on any atom is -0.465 e. The molecule has 0 aliphatic heterocycles. The first-order valence-corrected chi connectivity index (χ1v) is 7.36. The van der Waals surface area contributed by atoms with E-state index in [0.717, 1.165) is 29.3 Å². The number of rotatable bonds is 2. The number of hydrogen-bond donors (Lipinski definition) is 1. The summed E-state index contributed by atoms with van der Waals surface area (Å²) in [5, 5.41) is 9.64. The standard InChI is InChI=1S/C15H20BrNO2/c1-14(2,3)17(13(18)19)15(9-4-10-15)11-5-7-12(16)8-6-11/h5-8H,4,9-10H2,1-3H3,(H,18,19). The van der Waals surface area contributed by atoms with Gasteiger partial charge in [-0.05, 0) is 57.7 Å². The average Bonchev–Trinajstić information content (AvgIpc) is 2.22. The maximum atomic E-state index is 11.7. The summed E-state index contributed by atoms with van der Waals surface area (Å²) in [4.78, 5) is 13.4. The van der Waals surface area contributed by atoms with Crippen LogP contribution in [0.5, 0.6) is 0 Å². The lowest BCUT2D eigenvalue weighted by Gasteiger charge is -2.54. The zero-order chi connectivity index (χ0) is 14.3. The van der Waals surface area contributed by atoms with Crippen molar-refractivity contribution in [1.29, 1.82) is 0 Å². The van der Waals surface area contributed by atoms with Crippen molar-refractivity contribution in [3.63, 3.8) is 0 Å². The molecule has 0 spiro atoms. The molecule has 1 aromatic carbocycles. The van der Waals surface area contributed by atoms with E-state index in [-0.39, 0.29) is 5.54 Å². The number of carbonyl (C=O) groups is 1. The number of nitrogens with zero attached hydrogens (tertiary/aromatic N) is 1. The van der Waals surface area contributed by atoms with E-state index in [1.807, 2.05) is 45.0 Å². The fourth-order valence-electron chi connectivity index (χ4n) is 3.03. The minimum absolute atomic E-state index is 0.356. The topological polar surface area (TPSA) is 40.5 Å². The number of hydrogen-bond acceptors (Lipinski definition) is 1. The molecule has 4 heteroatoms. The minimum atomic E-state index is -0.838. The van der Waals surface area contributed by atoms with Gasteiger partial charge in [0.15, 0.2) is 0 Å². The van der Waals surface area contributed by atoms with Crippen LogP contribution >= 0.6 is 15.9 Å². The van der Waals surface area contributed by atoms with Crippen LogP contribution in [0, 0.1) is 0 Å². The van der Waals surface area contributed by atoms with Crippen LogP contribution in [0.1, 0.15) is 45.6 Å². The van der Waals surface area contributed by atoms with Gasteiger partial charge in [-0.15, -0.1) is 0 Å². The van der Waals surface area contributed by atoms with Crippen molar-refractivity contribution in [2.24, 2.45) is 0 Å². The van der Waals surface area contributed by atoms with E-state index in [1.165, 1.54) is 0 Å². The molecule has 1 aliphatic rings. The highest BCUT2D eigenvalue weighted by Gasteiger charge is 2.50. The summed E-state index contributed by atoms with van der Waals surface area (Å²) in [7, 11) is 0. The fourth-order valence-corrected chi connectivity index (χ4v) is 3.29. The van der Waals surface area contributed by atoms with Crippen LogP contribution in [0.2, 0.25) is 0 Å². The van der Waals surface area contributed by atoms with Crippen molar-refractivity contribution >= 4 is 22.0 Å². The van der Waals surface area contributed by atoms with Gasteiger partial charge in [0.05, 0.1) is 5.54 Å². The number of amides is 1. The molecular weight excluding hydrogens is 306 g/mol. The summed E-state index contributed by atoms with van der Waals surface area (Å²) >= 11 is 3.43. The van der Waals surface area contributed by atoms with E-state index in [1.54, 1.807) is 4.90 Å². The molecule has 1 N–H and O–H groups in total. The molecule has 0 atom stereocenters. The van der Waals surface area contributed by atoms with Crippen LogP contribution in [0.15, 0.2) is 28.7 Å². The third-order valence-electron chi connectivity index (χ3n) is 3.85. The third kappa shape index (κ3) is 2.50. The molecule has 0 unspecified atom stereocenters. The van der Waals surface area contributed by atoms with Gasteiger partial charge in [-0.1, -0.05) is 28.1 Å². The maximum Gasteiger partial charge on any atom is 0.408 e. The predicted molar refractivity (Wildman–Crippen MR) is 79.3 cm³/mol. The van der Waals surface area contributed by atoms with Crippen LogP contribution in [-0.4, -0.2) is 21.6 Å². The van der Waals surface area contributed by atoms with E-state index in [4.69, 9.17) is 0 Å². The molecule has 1 aliphatic carbocycles. The van der Waals surface area contributed by atoms with E-state index in [2.05, 4.69) is 15.9 Å². The Bertz CT molecular complexity index is 472. The van der Waals surface area contributed by atoms with Crippen molar-refractivity contribution in [2.75, 3.05) is 0 Å². The van der Waals surface area contributed by atoms with Crippen LogP contribution in [0.25, 0.3) is 0 Å². The first kappa shape index (κ1) is 14.4. The summed E-state index contributed by atoms with van der Waals surface area (Å²) in [5.74, 6) is 0. The zero-order valence-electron chi connectivity index (χ0n) is 11.6. The number of carboxylic acid groups (broad SMARTS) is 1. The molecule has 0 aromatic heterocycles. The highest BCUT2D eigenvalue weighted by atomic mass is 79.9. The van der Waals surface area contributed by atoms with E-state index >= 15 is 0 Å². The second-order valence-corrected chi connectivity index (χ2v) is 7.10. The molecule has 1 aromatic rings. The van der Waals surface area contributed by atoms with Gasteiger partial charge in [0.2, 0.25) is 0 Å². The Morgan fingerprint density at radius 3 is 2.11 bits per heavy atom. The van der Waals surface area contributed by atoms with Crippen molar-refractivity contribution in [2.45, 2.75) is 51.1 Å². The van der Waals surface area contributed by atoms with Gasteiger partial charge in [0.25, 0.3) is 0 Å². The summed E-state index contributed by atoms with van der Waals surface area (Å²) in [5.41, 5.74) is 0.337. The Hall–Kier alpha value is -1.03. The van der Waals surface area contributed by atoms with Crippen molar-refractivity contribution in [3.05, 3.63) is 34.3 Å². The average molecular weight is 326 g/mol. The molecule has 3 nitrogen and oxygen atoms in total. The SMILES string of the molecule is CC(C)(C)N(C(=O)O)C1(c2ccc(Br)cc2)CCC1. The monoisotopic (exact) mass is 325 g/mol. The first-order chi connectivity index (χ1) is 8.77. The zero-order valence-corrected chi connectivity index (χ0v) is 13.2. The van der Waals surface area contributed by atoms with Gasteiger partial charge < -0.3 is 5.11 Å². The highest BCUT2D eigenvalue weighted by Crippen LogP contribution is 2.49. The quantitative estimate of drug-likeness (QED) is 0.862. The second-order valence-electron chi connectivity index (χ2n) is 6.18. The van der Waals surface area contributed by atoms with Crippen LogP contribution in [0.3, 0.4) is 0 Å². The third-order valence-corrected chi connectivity index (χ3v) is 4.38. The van der Waals surface area contributed by atoms with E-state index in [0.29, 0.717) is 0 Å². The van der Waals surface area contributed by atoms with Gasteiger partial charge >= 0.3 is 6.09 Å². The highest BCUT2D eigenvalue weighted by molar-refractivity contribution is 9.10. The molecule has 0 radical (unpaired) electrons. The van der Waals surface area contributed by atoms with Crippen LogP contribution in [-0.2, 0) is 5.54 Å². The maximum absolute atomic E-state index is 11.7. The largest absolute Gasteiger partial charge is 0.465 e. The fraction of sp³-hybridized carbons (Fsp3) is 0.533. The van der Waals surface area contributed by atoms with Crippen molar-refractivity contribution < 1.29 is 9.90 Å². The summed E-state index contributed by atoms with van der Waals surface area (Å²) in [6, 6.07) is 8.03. The van der Waals surface area contributed by atoms with Crippen LogP contribution < -0.4 is 0 Å². The molecule has 0 bridgehead atoms. The van der Waals surface area contributed by atoms with E-state index in [9.17, 15) is 9.90 Å². The first-order valence-electron chi connectivity index (χ1n) is 6.57. The van der Waals surface area contributed by atoms with Crippen molar-refractivity contribution in [3.8, 4) is 0 Å². The number of halogens is 1. The molecule has 1 amide bonds. The lowest BCUT2D eigenvalue weighted by molar-refractivity contribution is -0.0328. The molecular formula is C15H20BrNO2. The van der Waals surface area contributed by atoms with Gasteiger partial charge in [-0.2, -0.15) is 0 Å². The van der Waals surface area contributed by atoms with E-state index < -0.39 is 11.6 Å². The van der Waals surface area contributed by atoms with Crippen molar-refractivity contribution in [1.82, 2.24) is 4.90 Å². The van der Waals surface area contributed by atoms with Gasteiger partial charge in [-0.3, -0.25) is 4.90 Å². The van der Waals surface area contributed by atoms with Gasteiger partial charge in [0, 0.05) is 10.0 Å². The normalized spacial score (nSPS) is 17.7. The smallest absolute Gasteiger partial charge is 0.408 e. The predicted octanol–water partition coefficient (Wildman–Crippen LogP) is 4.61. The Morgan fingerprint density at radius 1 is 1.26 bits per heavy atom. The number of benzene rings is 1. The Labute approximate surface area is 122 Å². The van der Waals surface area contributed by atoms with Crippen LogP contribution in [0.4, 0.5) is 4.79 Å². The molecule has 104 valence electrons. The Morgan fingerprint density at radius 2 is 1.79 bits per heavy atom. The molecule has 2 rings (SSSR count). The second kappa shape index (κ2) is 4.82. The summed E-state index contributed by atoms with van der Waals surface area (Å²) in [6.07, 6.45) is 2.04. The molecule has 19 heavy (non-hydrogen) atoms. The lowest BCUT2D eigenvalue weighted by atomic mass is 9.69. The summed E-state index contributed by atoms with van der Waals surface area (Å²) < 4.78 is 1.02. The molecule has 1 saturated carbocycles. The molecule has 0 heterocycles. The van der Waals surface area contributed by atoms with Gasteiger partial charge in [-0.25, -0.2) is 4.79 Å². The molecule has 0 saturated heterocycles. The Balaban J connectivity index is 2.47. The lowest BCUT2D eigenvalue weighted by Crippen LogP contribution is -2.60. The Kier molecular flexibility index (Phi) is 3.65. The van der Waals surface area contributed by atoms with Gasteiger partial charge in [0.1, 0.15) is 0 Å².